The quantitative estimate of drug-likeness (QED) is 0.282. The number of benzene rings is 1. The number of aromatic nitrogens is 4. The van der Waals surface area contributed by atoms with Crippen molar-refractivity contribution in [1.82, 2.24) is 19.6 Å². The zero-order valence-electron chi connectivity index (χ0n) is 19.3. The van der Waals surface area contributed by atoms with Gasteiger partial charge in [0, 0.05) is 36.4 Å². The van der Waals surface area contributed by atoms with Crippen molar-refractivity contribution >= 4 is 31.2 Å². The highest BCUT2D eigenvalue weighted by atomic mass is 31.1. The van der Waals surface area contributed by atoms with Gasteiger partial charge >= 0.3 is 0 Å². The zero-order chi connectivity index (χ0) is 23.3. The van der Waals surface area contributed by atoms with Crippen LogP contribution in [-0.2, 0) is 6.54 Å². The third-order valence-electron chi connectivity index (χ3n) is 4.60. The molecule has 3 heterocycles. The Hall–Kier alpha value is -3.24. The van der Waals surface area contributed by atoms with Crippen LogP contribution in [0.15, 0.2) is 80.3 Å². The molecular weight excluding hydrogens is 415 g/mol. The van der Waals surface area contributed by atoms with Gasteiger partial charge < -0.3 is 10.6 Å². The predicted octanol–water partition coefficient (Wildman–Crippen LogP) is 5.67. The fourth-order valence-corrected chi connectivity index (χ4v) is 3.65. The van der Waals surface area contributed by atoms with Gasteiger partial charge in [-0.1, -0.05) is 58.8 Å². The highest BCUT2D eigenvalue weighted by molar-refractivity contribution is 7.46. The highest BCUT2D eigenvalue weighted by Gasteiger charge is 2.13. The van der Waals surface area contributed by atoms with Gasteiger partial charge in [0.25, 0.3) is 0 Å². The van der Waals surface area contributed by atoms with Gasteiger partial charge in [0.2, 0.25) is 0 Å². The maximum atomic E-state index is 4.83. The second kappa shape index (κ2) is 13.2. The van der Waals surface area contributed by atoms with Crippen LogP contribution in [0.1, 0.15) is 37.9 Å². The summed E-state index contributed by atoms with van der Waals surface area (Å²) in [4.78, 5) is 9.01. The third kappa shape index (κ3) is 6.38. The van der Waals surface area contributed by atoms with Crippen molar-refractivity contribution < 1.29 is 0 Å². The second-order valence-corrected chi connectivity index (χ2v) is 7.60. The van der Waals surface area contributed by atoms with Gasteiger partial charge in [-0.05, 0) is 30.8 Å². The molecule has 3 aromatic heterocycles. The van der Waals surface area contributed by atoms with E-state index in [0.717, 1.165) is 28.2 Å². The summed E-state index contributed by atoms with van der Waals surface area (Å²) in [5.74, 6) is 1.73. The second-order valence-electron chi connectivity index (χ2n) is 6.56. The van der Waals surface area contributed by atoms with E-state index < -0.39 is 0 Å². The van der Waals surface area contributed by atoms with Gasteiger partial charge in [0.1, 0.15) is 11.6 Å². The molecule has 2 unspecified atom stereocenters. The number of nitrogens with one attached hydrogen (secondary N) is 2. The molecule has 4 rings (SSSR count). The normalized spacial score (nSPS) is 11.2. The zero-order valence-corrected chi connectivity index (χ0v) is 20.3. The first-order valence-corrected chi connectivity index (χ1v) is 12.3. The molecule has 0 aliphatic heterocycles. The van der Waals surface area contributed by atoms with Crippen LogP contribution in [0.3, 0.4) is 0 Å². The summed E-state index contributed by atoms with van der Waals surface area (Å²) < 4.78 is 1.88. The molecule has 4 aromatic rings. The van der Waals surface area contributed by atoms with Crippen molar-refractivity contribution in [3.05, 3.63) is 91.4 Å². The van der Waals surface area contributed by atoms with E-state index in [9.17, 15) is 0 Å². The lowest BCUT2D eigenvalue weighted by atomic mass is 10.1. The molecule has 0 saturated heterocycles. The molecule has 32 heavy (non-hydrogen) atoms. The van der Waals surface area contributed by atoms with Gasteiger partial charge in [0.05, 0.1) is 6.20 Å². The predicted molar refractivity (Wildman–Crippen MR) is 140 cm³/mol. The van der Waals surface area contributed by atoms with Crippen molar-refractivity contribution in [1.29, 1.82) is 0 Å². The first-order chi connectivity index (χ1) is 15.7. The van der Waals surface area contributed by atoms with E-state index >= 15 is 0 Å². The molecular formula is C25H33N6P. The monoisotopic (exact) mass is 448 g/mol. The maximum Gasteiger partial charge on any atom is 0.167 e. The summed E-state index contributed by atoms with van der Waals surface area (Å²) in [6, 6.07) is 16.5. The van der Waals surface area contributed by atoms with Crippen molar-refractivity contribution in [2.24, 2.45) is 0 Å². The Labute approximate surface area is 193 Å². The molecule has 2 atom stereocenters. The maximum absolute atomic E-state index is 4.83. The van der Waals surface area contributed by atoms with Crippen molar-refractivity contribution in [3.63, 3.8) is 0 Å². The minimum absolute atomic E-state index is 0.151. The summed E-state index contributed by atoms with van der Waals surface area (Å²) in [7, 11) is 0.633. The molecule has 0 saturated carbocycles. The van der Waals surface area contributed by atoms with E-state index in [-0.39, 0.29) is 6.04 Å². The first-order valence-electron chi connectivity index (χ1n) is 10.8. The minimum atomic E-state index is 0.151. The fraction of sp³-hybridized carbons (Fsp3) is 0.240. The average molecular weight is 449 g/mol. The van der Waals surface area contributed by atoms with Crippen molar-refractivity contribution in [2.45, 2.75) is 33.4 Å². The summed E-state index contributed by atoms with van der Waals surface area (Å²) in [5, 5.41) is 12.7. The lowest BCUT2D eigenvalue weighted by Crippen LogP contribution is -2.12. The Balaban J connectivity index is 0.000000860. The number of pyridine rings is 1. The van der Waals surface area contributed by atoms with Crippen molar-refractivity contribution in [2.75, 3.05) is 17.3 Å². The van der Waals surface area contributed by atoms with Gasteiger partial charge in [-0.3, -0.25) is 4.98 Å². The number of anilines is 2. The molecule has 0 fully saturated rings. The standard InChI is InChI=1S/C21H23N6P.C2H6.C2H4/c1-15(17-8-4-3-5-9-17)25-19-11-20(23-13-16-7-6-10-22-12-16)27-21(26-19)18(28-2)14-24-27;2*1-2/h3-12,14-15,23,28H,13H2,1-2H3,(H,25,26);1-2H3;1-2H2. The van der Waals surface area contributed by atoms with Crippen LogP contribution < -0.4 is 15.9 Å². The fourth-order valence-electron chi connectivity index (χ4n) is 3.08. The molecule has 7 heteroatoms. The summed E-state index contributed by atoms with van der Waals surface area (Å²) in [6.07, 6.45) is 5.55. The van der Waals surface area contributed by atoms with E-state index in [0.29, 0.717) is 15.1 Å². The van der Waals surface area contributed by atoms with Crippen LogP contribution in [0.4, 0.5) is 11.6 Å². The van der Waals surface area contributed by atoms with Crippen LogP contribution in [0.25, 0.3) is 5.65 Å². The van der Waals surface area contributed by atoms with Crippen LogP contribution in [0.2, 0.25) is 0 Å². The number of hydrogen-bond acceptors (Lipinski definition) is 5. The Bertz CT molecular complexity index is 1070. The number of rotatable bonds is 7. The lowest BCUT2D eigenvalue weighted by Gasteiger charge is -2.17. The molecule has 0 aliphatic rings. The van der Waals surface area contributed by atoms with E-state index in [4.69, 9.17) is 4.98 Å². The Kier molecular flexibility index (Phi) is 10.3. The largest absolute Gasteiger partial charge is 0.366 e. The van der Waals surface area contributed by atoms with Crippen LogP contribution in [0, 0.1) is 0 Å². The summed E-state index contributed by atoms with van der Waals surface area (Å²) in [6.45, 7) is 15.0. The molecule has 168 valence electrons. The molecule has 6 nitrogen and oxygen atoms in total. The van der Waals surface area contributed by atoms with Gasteiger partial charge in [0.15, 0.2) is 5.65 Å². The lowest BCUT2D eigenvalue weighted by molar-refractivity contribution is 0.866. The topological polar surface area (TPSA) is 67.1 Å². The van der Waals surface area contributed by atoms with E-state index in [1.807, 2.05) is 49.0 Å². The first kappa shape index (κ1) is 25.0. The highest BCUT2D eigenvalue weighted by Crippen LogP contribution is 2.23. The smallest absolute Gasteiger partial charge is 0.167 e. The van der Waals surface area contributed by atoms with Gasteiger partial charge in [-0.15, -0.1) is 13.2 Å². The molecule has 1 aromatic carbocycles. The van der Waals surface area contributed by atoms with Crippen LogP contribution in [0.5, 0.6) is 0 Å². The SMILES string of the molecule is C=C.CC.CPc1cnn2c(NCc3cccnc3)cc(NC(C)c3ccccc3)nc12. The van der Waals surface area contributed by atoms with Crippen molar-refractivity contribution in [3.8, 4) is 0 Å². The number of fused-ring (bicyclic) bond motifs is 1. The molecule has 0 spiro atoms. The molecule has 0 bridgehead atoms. The molecule has 0 amide bonds. The number of nitrogens with zero attached hydrogens (tertiary/aromatic N) is 4. The van der Waals surface area contributed by atoms with Gasteiger partial charge in [-0.2, -0.15) is 9.61 Å². The Morgan fingerprint density at radius 3 is 2.47 bits per heavy atom. The summed E-state index contributed by atoms with van der Waals surface area (Å²) >= 11 is 0. The molecule has 0 radical (unpaired) electrons. The summed E-state index contributed by atoms with van der Waals surface area (Å²) in [5.41, 5.74) is 3.23. The van der Waals surface area contributed by atoms with E-state index in [1.165, 1.54) is 5.56 Å². The Morgan fingerprint density at radius 2 is 1.81 bits per heavy atom. The number of hydrogen-bond donors (Lipinski definition) is 2. The van der Waals surface area contributed by atoms with Gasteiger partial charge in [-0.25, -0.2) is 4.98 Å². The molecule has 2 N–H and O–H groups in total. The minimum Gasteiger partial charge on any atom is -0.366 e. The van der Waals surface area contributed by atoms with Crippen LogP contribution in [-0.4, -0.2) is 26.2 Å². The van der Waals surface area contributed by atoms with Crippen LogP contribution >= 0.6 is 8.58 Å². The van der Waals surface area contributed by atoms with E-state index in [1.54, 1.807) is 6.20 Å². The molecule has 0 aliphatic carbocycles. The average Bonchev–Trinajstić information content (AvgIpc) is 3.29. The third-order valence-corrected chi connectivity index (χ3v) is 5.49. The van der Waals surface area contributed by atoms with E-state index in [2.05, 4.69) is 77.8 Å². The Morgan fingerprint density at radius 1 is 1.06 bits per heavy atom.